The molecule has 1 aliphatic heterocycles. The summed E-state index contributed by atoms with van der Waals surface area (Å²) in [5.41, 5.74) is 2.09. The molecule has 3 heterocycles. The van der Waals surface area contributed by atoms with Gasteiger partial charge >= 0.3 is 0 Å². The quantitative estimate of drug-likeness (QED) is 0.317. The van der Waals surface area contributed by atoms with E-state index in [-0.39, 0.29) is 18.6 Å². The Hall–Kier alpha value is -4.22. The summed E-state index contributed by atoms with van der Waals surface area (Å²) in [7, 11) is 1.58. The summed E-state index contributed by atoms with van der Waals surface area (Å²) in [6.07, 6.45) is 7.51. The number of methoxy groups -OCH3 is 1. The van der Waals surface area contributed by atoms with Crippen LogP contribution in [0.2, 0.25) is 5.02 Å². The van der Waals surface area contributed by atoms with Crippen LogP contribution in [0.25, 0.3) is 10.9 Å². The average Bonchev–Trinajstić information content (AvgIpc) is 2.97. The number of ether oxygens (including phenoxy) is 3. The van der Waals surface area contributed by atoms with Gasteiger partial charge in [0, 0.05) is 55.5 Å². The number of nitrogens with zero attached hydrogens (tertiary/aromatic N) is 5. The van der Waals surface area contributed by atoms with Gasteiger partial charge in [-0.1, -0.05) is 11.6 Å². The molecule has 0 bridgehead atoms. The van der Waals surface area contributed by atoms with Crippen LogP contribution in [0.1, 0.15) is 18.5 Å². The lowest BCUT2D eigenvalue weighted by molar-refractivity contribution is -0.135. The molecule has 0 spiro atoms. The van der Waals surface area contributed by atoms with E-state index in [0.717, 1.165) is 5.39 Å². The first-order valence-electron chi connectivity index (χ1n) is 12.4. The van der Waals surface area contributed by atoms with Gasteiger partial charge in [0.1, 0.15) is 37.2 Å². The first kappa shape index (κ1) is 26.4. The molecule has 2 aromatic heterocycles. The summed E-state index contributed by atoms with van der Waals surface area (Å²) in [5.74, 6) is 1.93. The van der Waals surface area contributed by atoms with E-state index in [2.05, 4.69) is 25.3 Å². The number of hydrogen-bond acceptors (Lipinski definition) is 10. The monoisotopic (exact) mass is 550 g/mol. The van der Waals surface area contributed by atoms with Gasteiger partial charge in [-0.3, -0.25) is 14.8 Å². The highest BCUT2D eigenvalue weighted by Crippen LogP contribution is 2.37. The molecular weight excluding hydrogens is 524 g/mol. The van der Waals surface area contributed by atoms with Gasteiger partial charge in [0.05, 0.1) is 29.5 Å². The third kappa shape index (κ3) is 6.27. The van der Waals surface area contributed by atoms with Crippen molar-refractivity contribution in [2.75, 3.05) is 32.1 Å². The standard InChI is InChI=1S/C27H27ClN6O5/c1-37-24-12-22-20(11-25(24)39-19-4-8-34(9-5-19)26(36)14-35)27(32-16-31-22)33-17-2-3-23(21(28)10-17)38-15-18-13-29-6-7-30-18/h2-3,6-7,10-13,16,19,35H,4-5,8-9,14-15H2,1H3,(H,31,32,33). The lowest BCUT2D eigenvalue weighted by Gasteiger charge is -2.32. The number of aliphatic hydroxyl groups is 1. The number of aromatic nitrogens is 4. The van der Waals surface area contributed by atoms with Gasteiger partial charge in [0.15, 0.2) is 11.5 Å². The normalized spacial score (nSPS) is 13.8. The molecule has 4 aromatic rings. The fourth-order valence-electron chi connectivity index (χ4n) is 4.31. The van der Waals surface area contributed by atoms with Crippen molar-refractivity contribution in [2.24, 2.45) is 0 Å². The summed E-state index contributed by atoms with van der Waals surface area (Å²) in [4.78, 5) is 30.5. The number of carbonyl (C=O) groups excluding carboxylic acids is 1. The van der Waals surface area contributed by atoms with Crippen LogP contribution < -0.4 is 19.5 Å². The number of amides is 1. The van der Waals surface area contributed by atoms with E-state index in [4.69, 9.17) is 30.9 Å². The van der Waals surface area contributed by atoms with Gasteiger partial charge in [0.2, 0.25) is 5.91 Å². The number of halogens is 1. The van der Waals surface area contributed by atoms with Crippen molar-refractivity contribution in [3.05, 3.63) is 66.0 Å². The molecule has 0 atom stereocenters. The first-order chi connectivity index (χ1) is 19.0. The Balaban J connectivity index is 1.33. The first-order valence-corrected chi connectivity index (χ1v) is 12.7. The largest absolute Gasteiger partial charge is 0.493 e. The zero-order chi connectivity index (χ0) is 27.2. The molecule has 1 aliphatic rings. The van der Waals surface area contributed by atoms with Gasteiger partial charge in [-0.05, 0) is 24.3 Å². The minimum Gasteiger partial charge on any atom is -0.493 e. The molecule has 1 saturated heterocycles. The zero-order valence-electron chi connectivity index (χ0n) is 21.2. The Kier molecular flexibility index (Phi) is 8.18. The zero-order valence-corrected chi connectivity index (χ0v) is 22.0. The Morgan fingerprint density at radius 2 is 1.95 bits per heavy atom. The van der Waals surface area contributed by atoms with Crippen LogP contribution in [0.4, 0.5) is 11.5 Å². The summed E-state index contributed by atoms with van der Waals surface area (Å²) in [6.45, 7) is 0.812. The Bertz CT molecular complexity index is 1450. The Morgan fingerprint density at radius 1 is 1.10 bits per heavy atom. The summed E-state index contributed by atoms with van der Waals surface area (Å²) in [6, 6.07) is 9.02. The lowest BCUT2D eigenvalue weighted by Crippen LogP contribution is -2.42. The van der Waals surface area contributed by atoms with Gasteiger partial charge < -0.3 is 29.5 Å². The minimum atomic E-state index is -0.482. The lowest BCUT2D eigenvalue weighted by atomic mass is 10.1. The number of anilines is 2. The summed E-state index contributed by atoms with van der Waals surface area (Å²) >= 11 is 6.48. The van der Waals surface area contributed by atoms with Gasteiger partial charge in [0.25, 0.3) is 0 Å². The average molecular weight is 551 g/mol. The maximum absolute atomic E-state index is 11.8. The van der Waals surface area contributed by atoms with E-state index >= 15 is 0 Å². The van der Waals surface area contributed by atoms with Gasteiger partial charge in [-0.2, -0.15) is 0 Å². The van der Waals surface area contributed by atoms with E-state index in [9.17, 15) is 4.79 Å². The molecule has 202 valence electrons. The molecule has 1 fully saturated rings. The summed E-state index contributed by atoms with van der Waals surface area (Å²) < 4.78 is 17.7. The van der Waals surface area contributed by atoms with Crippen molar-refractivity contribution in [1.82, 2.24) is 24.8 Å². The van der Waals surface area contributed by atoms with Crippen molar-refractivity contribution in [3.63, 3.8) is 0 Å². The van der Waals surface area contributed by atoms with Crippen LogP contribution in [0, 0.1) is 0 Å². The molecule has 0 radical (unpaired) electrons. The molecule has 2 N–H and O–H groups in total. The van der Waals surface area contributed by atoms with Crippen molar-refractivity contribution in [1.29, 1.82) is 0 Å². The molecule has 5 rings (SSSR count). The topological polar surface area (TPSA) is 132 Å². The van der Waals surface area contributed by atoms with Gasteiger partial charge in [-0.25, -0.2) is 9.97 Å². The van der Waals surface area contributed by atoms with Crippen LogP contribution in [0.5, 0.6) is 17.2 Å². The Morgan fingerprint density at radius 3 is 2.67 bits per heavy atom. The second-order valence-corrected chi connectivity index (χ2v) is 9.26. The number of fused-ring (bicyclic) bond motifs is 1. The molecule has 2 aromatic carbocycles. The van der Waals surface area contributed by atoms with E-state index in [0.29, 0.717) is 70.9 Å². The van der Waals surface area contributed by atoms with Gasteiger partial charge in [-0.15, -0.1) is 0 Å². The third-order valence-corrected chi connectivity index (χ3v) is 6.63. The highest BCUT2D eigenvalue weighted by atomic mass is 35.5. The molecule has 11 nitrogen and oxygen atoms in total. The van der Waals surface area contributed by atoms with Crippen molar-refractivity contribution in [2.45, 2.75) is 25.6 Å². The molecule has 39 heavy (non-hydrogen) atoms. The van der Waals surface area contributed by atoms with Crippen molar-refractivity contribution < 1.29 is 24.1 Å². The van der Waals surface area contributed by atoms with Crippen LogP contribution >= 0.6 is 11.6 Å². The summed E-state index contributed by atoms with van der Waals surface area (Å²) in [5, 5.41) is 13.6. The number of benzene rings is 2. The van der Waals surface area contributed by atoms with Crippen LogP contribution in [-0.4, -0.2) is 68.8 Å². The second-order valence-electron chi connectivity index (χ2n) is 8.85. The predicted molar refractivity (Wildman–Crippen MR) is 145 cm³/mol. The van der Waals surface area contributed by atoms with Crippen molar-refractivity contribution in [3.8, 4) is 17.2 Å². The number of aliphatic hydroxyl groups excluding tert-OH is 1. The fourth-order valence-corrected chi connectivity index (χ4v) is 4.54. The van der Waals surface area contributed by atoms with E-state index in [1.807, 2.05) is 12.1 Å². The maximum atomic E-state index is 11.8. The molecule has 1 amide bonds. The SMILES string of the molecule is COc1cc2ncnc(Nc3ccc(OCc4cnccn4)c(Cl)c3)c2cc1OC1CCN(C(=O)CO)CC1. The third-order valence-electron chi connectivity index (χ3n) is 6.33. The number of carbonyl (C=O) groups is 1. The highest BCUT2D eigenvalue weighted by Gasteiger charge is 2.25. The highest BCUT2D eigenvalue weighted by molar-refractivity contribution is 6.32. The van der Waals surface area contributed by atoms with Crippen molar-refractivity contribution >= 4 is 39.9 Å². The molecule has 0 saturated carbocycles. The van der Waals surface area contributed by atoms with E-state index in [1.165, 1.54) is 6.33 Å². The number of rotatable bonds is 9. The molecule has 12 heteroatoms. The van der Waals surface area contributed by atoms with E-state index < -0.39 is 6.61 Å². The number of likely N-dealkylation sites (tertiary alicyclic amines) is 1. The molecule has 0 unspecified atom stereocenters. The fraction of sp³-hybridized carbons (Fsp3) is 0.296. The van der Waals surface area contributed by atoms with Crippen LogP contribution in [0.3, 0.4) is 0 Å². The number of nitrogens with one attached hydrogen (secondary N) is 1. The van der Waals surface area contributed by atoms with E-state index in [1.54, 1.807) is 48.8 Å². The van der Waals surface area contributed by atoms with Crippen LogP contribution in [0.15, 0.2) is 55.2 Å². The number of hydrogen-bond donors (Lipinski definition) is 2. The molecule has 0 aliphatic carbocycles. The maximum Gasteiger partial charge on any atom is 0.248 e. The number of piperidine rings is 1. The minimum absolute atomic E-state index is 0.103. The second kappa shape index (κ2) is 12.1. The molecular formula is C27H27ClN6O5. The smallest absolute Gasteiger partial charge is 0.248 e. The van der Waals surface area contributed by atoms with Crippen LogP contribution in [-0.2, 0) is 11.4 Å². The Labute approximate surface area is 229 Å². The predicted octanol–water partition coefficient (Wildman–Crippen LogP) is 3.77.